The molecule has 2 heterocycles. The highest BCUT2D eigenvalue weighted by Gasteiger charge is 2.20. The van der Waals surface area contributed by atoms with Gasteiger partial charge in [-0.05, 0) is 44.5 Å². The van der Waals surface area contributed by atoms with E-state index in [4.69, 9.17) is 0 Å². The fraction of sp³-hybridized carbons (Fsp3) is 0.667. The molecular formula is C15H25N3. The summed E-state index contributed by atoms with van der Waals surface area (Å²) < 4.78 is 0. The maximum atomic E-state index is 4.61. The second kappa shape index (κ2) is 6.30. The average Bonchev–Trinajstić information content (AvgIpc) is 2.55. The van der Waals surface area contributed by atoms with E-state index >= 15 is 0 Å². The van der Waals surface area contributed by atoms with Gasteiger partial charge in [0.1, 0.15) is 0 Å². The molecule has 100 valence electrons. The van der Waals surface area contributed by atoms with E-state index in [1.165, 1.54) is 18.7 Å². The first-order chi connectivity index (χ1) is 8.65. The Morgan fingerprint density at radius 3 is 3.00 bits per heavy atom. The number of hydrogen-bond donors (Lipinski definition) is 1. The molecule has 0 saturated carbocycles. The van der Waals surface area contributed by atoms with Crippen LogP contribution in [0.2, 0.25) is 0 Å². The van der Waals surface area contributed by atoms with E-state index in [0.29, 0.717) is 12.0 Å². The van der Waals surface area contributed by atoms with Crippen LogP contribution >= 0.6 is 0 Å². The minimum atomic E-state index is 0.609. The molecule has 1 aliphatic heterocycles. The topological polar surface area (TPSA) is 28.2 Å². The van der Waals surface area contributed by atoms with Gasteiger partial charge in [0, 0.05) is 24.8 Å². The molecule has 1 N–H and O–H groups in total. The van der Waals surface area contributed by atoms with Gasteiger partial charge in [-0.25, -0.2) is 0 Å². The Hall–Kier alpha value is -0.930. The fourth-order valence-electron chi connectivity index (χ4n) is 2.53. The molecular weight excluding hydrogens is 222 g/mol. The van der Waals surface area contributed by atoms with Gasteiger partial charge < -0.3 is 5.32 Å². The van der Waals surface area contributed by atoms with E-state index in [1.807, 2.05) is 0 Å². The van der Waals surface area contributed by atoms with Crippen LogP contribution in [-0.2, 0) is 6.54 Å². The van der Waals surface area contributed by atoms with Crippen molar-refractivity contribution in [1.82, 2.24) is 15.2 Å². The molecule has 1 aliphatic rings. The number of rotatable bonds is 3. The standard InChI is InChI=1S/C15H25N3/c1-12(2)15-11-18(9-5-8-16-15)10-14-7-4-6-13(3)17-14/h4,6-7,12,15-16H,5,8-11H2,1-3H3. The van der Waals surface area contributed by atoms with Gasteiger partial charge in [0.05, 0.1) is 5.69 Å². The lowest BCUT2D eigenvalue weighted by atomic mass is 10.0. The van der Waals surface area contributed by atoms with Crippen LogP contribution in [0.3, 0.4) is 0 Å². The highest BCUT2D eigenvalue weighted by Crippen LogP contribution is 2.11. The molecule has 0 aliphatic carbocycles. The quantitative estimate of drug-likeness (QED) is 0.887. The monoisotopic (exact) mass is 247 g/mol. The maximum absolute atomic E-state index is 4.61. The van der Waals surface area contributed by atoms with Gasteiger partial charge in [-0.3, -0.25) is 9.88 Å². The van der Waals surface area contributed by atoms with Gasteiger partial charge in [-0.2, -0.15) is 0 Å². The molecule has 0 radical (unpaired) electrons. The van der Waals surface area contributed by atoms with E-state index < -0.39 is 0 Å². The largest absolute Gasteiger partial charge is 0.312 e. The SMILES string of the molecule is Cc1cccc(CN2CCCNC(C(C)C)C2)n1. The summed E-state index contributed by atoms with van der Waals surface area (Å²) in [5.74, 6) is 0.691. The summed E-state index contributed by atoms with van der Waals surface area (Å²) in [6, 6.07) is 6.91. The third-order valence-corrected chi connectivity index (χ3v) is 3.65. The number of pyridine rings is 1. The average molecular weight is 247 g/mol. The van der Waals surface area contributed by atoms with E-state index in [2.05, 4.69) is 54.2 Å². The van der Waals surface area contributed by atoms with Crippen LogP contribution in [0.15, 0.2) is 18.2 Å². The van der Waals surface area contributed by atoms with Crippen LogP contribution in [-0.4, -0.2) is 35.6 Å². The van der Waals surface area contributed by atoms with Crippen molar-refractivity contribution < 1.29 is 0 Å². The van der Waals surface area contributed by atoms with Crippen molar-refractivity contribution in [2.75, 3.05) is 19.6 Å². The fourth-order valence-corrected chi connectivity index (χ4v) is 2.53. The maximum Gasteiger partial charge on any atom is 0.0547 e. The Morgan fingerprint density at radius 2 is 2.28 bits per heavy atom. The van der Waals surface area contributed by atoms with E-state index in [0.717, 1.165) is 25.3 Å². The van der Waals surface area contributed by atoms with Crippen molar-refractivity contribution in [3.05, 3.63) is 29.6 Å². The Kier molecular flexibility index (Phi) is 4.72. The minimum Gasteiger partial charge on any atom is -0.312 e. The Morgan fingerprint density at radius 1 is 1.44 bits per heavy atom. The zero-order valence-corrected chi connectivity index (χ0v) is 11.8. The lowest BCUT2D eigenvalue weighted by molar-refractivity contribution is 0.236. The summed E-state index contributed by atoms with van der Waals surface area (Å²) in [5, 5.41) is 3.65. The number of hydrogen-bond acceptors (Lipinski definition) is 3. The molecule has 0 spiro atoms. The molecule has 1 atom stereocenters. The molecule has 1 aromatic heterocycles. The number of aromatic nitrogens is 1. The van der Waals surface area contributed by atoms with E-state index in [1.54, 1.807) is 0 Å². The Labute approximate surface area is 111 Å². The summed E-state index contributed by atoms with van der Waals surface area (Å²) in [7, 11) is 0. The van der Waals surface area contributed by atoms with Crippen molar-refractivity contribution in [3.8, 4) is 0 Å². The summed E-state index contributed by atoms with van der Waals surface area (Å²) in [4.78, 5) is 7.14. The van der Waals surface area contributed by atoms with Gasteiger partial charge in [0.2, 0.25) is 0 Å². The third kappa shape index (κ3) is 3.79. The lowest BCUT2D eigenvalue weighted by Crippen LogP contribution is -2.41. The molecule has 1 saturated heterocycles. The van der Waals surface area contributed by atoms with Crippen LogP contribution in [0.4, 0.5) is 0 Å². The highest BCUT2D eigenvalue weighted by molar-refractivity contribution is 5.09. The molecule has 0 bridgehead atoms. The zero-order valence-electron chi connectivity index (χ0n) is 11.8. The minimum absolute atomic E-state index is 0.609. The molecule has 18 heavy (non-hydrogen) atoms. The van der Waals surface area contributed by atoms with Crippen molar-refractivity contribution in [3.63, 3.8) is 0 Å². The zero-order chi connectivity index (χ0) is 13.0. The van der Waals surface area contributed by atoms with Crippen LogP contribution in [0, 0.1) is 12.8 Å². The first-order valence-corrected chi connectivity index (χ1v) is 7.03. The van der Waals surface area contributed by atoms with Gasteiger partial charge in [-0.15, -0.1) is 0 Å². The summed E-state index contributed by atoms with van der Waals surface area (Å²) >= 11 is 0. The number of nitrogens with one attached hydrogen (secondary N) is 1. The van der Waals surface area contributed by atoms with Crippen LogP contribution in [0.1, 0.15) is 31.7 Å². The van der Waals surface area contributed by atoms with Crippen LogP contribution in [0.5, 0.6) is 0 Å². The van der Waals surface area contributed by atoms with Gasteiger partial charge in [-0.1, -0.05) is 19.9 Å². The first kappa shape index (κ1) is 13.5. The molecule has 1 aromatic rings. The smallest absolute Gasteiger partial charge is 0.0547 e. The second-order valence-corrected chi connectivity index (χ2v) is 5.66. The first-order valence-electron chi connectivity index (χ1n) is 7.03. The van der Waals surface area contributed by atoms with Crippen LogP contribution in [0.25, 0.3) is 0 Å². The molecule has 3 nitrogen and oxygen atoms in total. The van der Waals surface area contributed by atoms with Gasteiger partial charge in [0.25, 0.3) is 0 Å². The normalized spacial score (nSPS) is 22.1. The Balaban J connectivity index is 1.99. The molecule has 2 rings (SSSR count). The second-order valence-electron chi connectivity index (χ2n) is 5.66. The molecule has 0 aromatic carbocycles. The van der Waals surface area contributed by atoms with Crippen molar-refractivity contribution in [2.45, 2.75) is 39.8 Å². The van der Waals surface area contributed by atoms with E-state index in [-0.39, 0.29) is 0 Å². The molecule has 1 fully saturated rings. The highest BCUT2D eigenvalue weighted by atomic mass is 15.2. The summed E-state index contributed by atoms with van der Waals surface area (Å²) in [6.45, 7) is 11.1. The molecule has 1 unspecified atom stereocenters. The van der Waals surface area contributed by atoms with Crippen molar-refractivity contribution in [2.24, 2.45) is 5.92 Å². The van der Waals surface area contributed by atoms with Crippen molar-refractivity contribution in [1.29, 1.82) is 0 Å². The van der Waals surface area contributed by atoms with Crippen LogP contribution < -0.4 is 5.32 Å². The molecule has 3 heteroatoms. The predicted octanol–water partition coefficient (Wildman–Crippen LogP) is 2.21. The van der Waals surface area contributed by atoms with Gasteiger partial charge in [0.15, 0.2) is 0 Å². The van der Waals surface area contributed by atoms with Gasteiger partial charge >= 0.3 is 0 Å². The third-order valence-electron chi connectivity index (χ3n) is 3.65. The summed E-state index contributed by atoms with van der Waals surface area (Å²) in [5.41, 5.74) is 2.31. The van der Waals surface area contributed by atoms with E-state index in [9.17, 15) is 0 Å². The summed E-state index contributed by atoms with van der Waals surface area (Å²) in [6.07, 6.45) is 1.23. The predicted molar refractivity (Wildman–Crippen MR) is 75.5 cm³/mol. The lowest BCUT2D eigenvalue weighted by Gasteiger charge is -2.26. The van der Waals surface area contributed by atoms with Crippen molar-refractivity contribution >= 4 is 0 Å². The number of nitrogens with zero attached hydrogens (tertiary/aromatic N) is 2. The molecule has 0 amide bonds. The Bertz CT molecular complexity index is 376. The number of aryl methyl sites for hydroxylation is 1.